The molecule has 0 atom stereocenters. The van der Waals surface area contributed by atoms with Gasteiger partial charge < -0.3 is 14.9 Å². The van der Waals surface area contributed by atoms with Crippen LogP contribution in [0.1, 0.15) is 20.7 Å². The summed E-state index contributed by atoms with van der Waals surface area (Å²) in [6.45, 7) is 0. The largest absolute Gasteiger partial charge is 0.507 e. The highest BCUT2D eigenvalue weighted by Crippen LogP contribution is 2.31. The van der Waals surface area contributed by atoms with Gasteiger partial charge in [0, 0.05) is 0 Å². The molecule has 0 aliphatic rings. The van der Waals surface area contributed by atoms with Gasteiger partial charge in [-0.05, 0) is 29.3 Å². The smallest absolute Gasteiger partial charge is 0.350 e. The number of ether oxygens (including phenoxy) is 1. The lowest BCUT2D eigenvalue weighted by Gasteiger charge is -2.11. The minimum Gasteiger partial charge on any atom is -0.507 e. The molecule has 0 unspecified atom stereocenters. The Labute approximate surface area is 143 Å². The Kier molecular flexibility index (Phi) is 4.48. The van der Waals surface area contributed by atoms with E-state index >= 15 is 0 Å². The number of carbonyl (C=O) groups is 2. The molecule has 3 aromatic carbocycles. The maximum Gasteiger partial charge on any atom is 0.350 e. The van der Waals surface area contributed by atoms with E-state index in [1.54, 1.807) is 42.5 Å². The molecular formula is C20H14O5. The number of benzene rings is 3. The van der Waals surface area contributed by atoms with E-state index in [-0.39, 0.29) is 22.6 Å². The van der Waals surface area contributed by atoms with Crippen molar-refractivity contribution in [3.63, 3.8) is 0 Å². The molecule has 0 amide bonds. The number of hydrogen-bond acceptors (Lipinski definition) is 5. The molecule has 2 N–H and O–H groups in total. The van der Waals surface area contributed by atoms with Crippen LogP contribution in [0.25, 0.3) is 11.1 Å². The second kappa shape index (κ2) is 6.88. The number of esters is 2. The monoisotopic (exact) mass is 334 g/mol. The number of hydrogen-bond donors (Lipinski definition) is 2. The lowest BCUT2D eigenvalue weighted by atomic mass is 9.99. The Morgan fingerprint density at radius 2 is 1.32 bits per heavy atom. The third-order valence-electron chi connectivity index (χ3n) is 3.64. The fraction of sp³-hybridized carbons (Fsp3) is 0. The first kappa shape index (κ1) is 16.3. The second-order valence-electron chi connectivity index (χ2n) is 5.26. The Bertz CT molecular complexity index is 932. The first-order chi connectivity index (χ1) is 12.1. The van der Waals surface area contributed by atoms with Crippen molar-refractivity contribution in [3.05, 3.63) is 83.9 Å². The fourth-order valence-electron chi connectivity index (χ4n) is 2.45. The molecule has 0 aliphatic carbocycles. The third-order valence-corrected chi connectivity index (χ3v) is 3.64. The summed E-state index contributed by atoms with van der Waals surface area (Å²) in [4.78, 5) is 24.6. The van der Waals surface area contributed by atoms with Gasteiger partial charge in [-0.15, -0.1) is 0 Å². The van der Waals surface area contributed by atoms with E-state index in [1.807, 2.05) is 6.07 Å². The summed E-state index contributed by atoms with van der Waals surface area (Å²) in [6, 6.07) is 19.3. The average molecular weight is 334 g/mol. The second-order valence-corrected chi connectivity index (χ2v) is 5.26. The van der Waals surface area contributed by atoms with Crippen LogP contribution in [-0.4, -0.2) is 22.2 Å². The zero-order valence-corrected chi connectivity index (χ0v) is 13.0. The molecule has 0 bridgehead atoms. The molecule has 0 spiro atoms. The van der Waals surface area contributed by atoms with Gasteiger partial charge in [0.2, 0.25) is 0 Å². The van der Waals surface area contributed by atoms with Crippen LogP contribution in [0.15, 0.2) is 72.8 Å². The lowest BCUT2D eigenvalue weighted by Crippen LogP contribution is -2.14. The van der Waals surface area contributed by atoms with Gasteiger partial charge in [-0.2, -0.15) is 0 Å². The van der Waals surface area contributed by atoms with Gasteiger partial charge in [-0.1, -0.05) is 54.6 Å². The quantitative estimate of drug-likeness (QED) is 0.563. The normalized spacial score (nSPS) is 10.2. The number of para-hydroxylation sites is 1. The van der Waals surface area contributed by atoms with Crippen LogP contribution >= 0.6 is 0 Å². The molecule has 0 saturated heterocycles. The SMILES string of the molecule is O=C(OC(=O)c1c(O)cccc1-c1ccccc1)c1ccccc1O. The lowest BCUT2D eigenvalue weighted by molar-refractivity contribution is 0.0395. The van der Waals surface area contributed by atoms with Gasteiger partial charge >= 0.3 is 11.9 Å². The molecule has 5 nitrogen and oxygen atoms in total. The van der Waals surface area contributed by atoms with Crippen molar-refractivity contribution in [3.8, 4) is 22.6 Å². The molecule has 0 heterocycles. The zero-order valence-electron chi connectivity index (χ0n) is 13.0. The van der Waals surface area contributed by atoms with Crippen LogP contribution < -0.4 is 0 Å². The van der Waals surface area contributed by atoms with Gasteiger partial charge in [0.05, 0.1) is 0 Å². The van der Waals surface area contributed by atoms with Crippen molar-refractivity contribution < 1.29 is 24.5 Å². The van der Waals surface area contributed by atoms with Gasteiger partial charge in [0.15, 0.2) is 0 Å². The molecule has 3 rings (SSSR count). The predicted octanol–water partition coefficient (Wildman–Crippen LogP) is 3.76. The van der Waals surface area contributed by atoms with Crippen molar-refractivity contribution in [1.82, 2.24) is 0 Å². The van der Waals surface area contributed by atoms with Gasteiger partial charge in [0.1, 0.15) is 22.6 Å². The summed E-state index contributed by atoms with van der Waals surface area (Å²) in [7, 11) is 0. The van der Waals surface area contributed by atoms with Crippen LogP contribution in [0.5, 0.6) is 11.5 Å². The van der Waals surface area contributed by atoms with E-state index in [9.17, 15) is 19.8 Å². The minimum absolute atomic E-state index is 0.113. The molecule has 0 fully saturated rings. The van der Waals surface area contributed by atoms with Crippen LogP contribution in [-0.2, 0) is 4.74 Å². The van der Waals surface area contributed by atoms with Gasteiger partial charge in [-0.25, -0.2) is 9.59 Å². The van der Waals surface area contributed by atoms with Crippen molar-refractivity contribution in [2.75, 3.05) is 0 Å². The summed E-state index contributed by atoms with van der Waals surface area (Å²) in [6.07, 6.45) is 0. The zero-order chi connectivity index (χ0) is 17.8. The molecule has 0 radical (unpaired) electrons. The van der Waals surface area contributed by atoms with Crippen LogP contribution in [0.3, 0.4) is 0 Å². The summed E-state index contributed by atoms with van der Waals surface area (Å²) in [5.74, 6) is -2.58. The molecule has 124 valence electrons. The van der Waals surface area contributed by atoms with E-state index < -0.39 is 11.9 Å². The summed E-state index contributed by atoms with van der Waals surface area (Å²) < 4.78 is 4.85. The predicted molar refractivity (Wildman–Crippen MR) is 91.4 cm³/mol. The third kappa shape index (κ3) is 3.35. The van der Waals surface area contributed by atoms with E-state index in [2.05, 4.69) is 0 Å². The van der Waals surface area contributed by atoms with E-state index in [0.717, 1.165) is 0 Å². The van der Waals surface area contributed by atoms with Crippen molar-refractivity contribution in [1.29, 1.82) is 0 Å². The first-order valence-electron chi connectivity index (χ1n) is 7.50. The maximum absolute atomic E-state index is 12.5. The van der Waals surface area contributed by atoms with Crippen molar-refractivity contribution in [2.24, 2.45) is 0 Å². The number of phenols is 2. The summed E-state index contributed by atoms with van der Waals surface area (Å²) in [5, 5.41) is 19.8. The van der Waals surface area contributed by atoms with E-state index in [0.29, 0.717) is 11.1 Å². The molecule has 25 heavy (non-hydrogen) atoms. The van der Waals surface area contributed by atoms with E-state index in [1.165, 1.54) is 24.3 Å². The standard InChI is InChI=1S/C20H14O5/c21-16-11-5-4-9-15(16)19(23)25-20(24)18-14(10-6-12-17(18)22)13-7-2-1-3-8-13/h1-12,21-22H. The fourth-order valence-corrected chi connectivity index (χ4v) is 2.45. The summed E-state index contributed by atoms with van der Waals surface area (Å²) in [5.41, 5.74) is 0.890. The minimum atomic E-state index is -0.995. The van der Waals surface area contributed by atoms with E-state index in [4.69, 9.17) is 4.74 Å². The van der Waals surface area contributed by atoms with Crippen LogP contribution in [0.4, 0.5) is 0 Å². The molecule has 3 aromatic rings. The van der Waals surface area contributed by atoms with Crippen LogP contribution in [0.2, 0.25) is 0 Å². The Morgan fingerprint density at radius 3 is 2.04 bits per heavy atom. The number of aromatic hydroxyl groups is 2. The van der Waals surface area contributed by atoms with Crippen molar-refractivity contribution in [2.45, 2.75) is 0 Å². The topological polar surface area (TPSA) is 83.8 Å². The van der Waals surface area contributed by atoms with Gasteiger partial charge in [-0.3, -0.25) is 0 Å². The highest BCUT2D eigenvalue weighted by Gasteiger charge is 2.23. The van der Waals surface area contributed by atoms with Crippen LogP contribution in [0, 0.1) is 0 Å². The number of rotatable bonds is 3. The van der Waals surface area contributed by atoms with Gasteiger partial charge in [0.25, 0.3) is 0 Å². The highest BCUT2D eigenvalue weighted by atomic mass is 16.6. The molecule has 0 aliphatic heterocycles. The highest BCUT2D eigenvalue weighted by molar-refractivity contribution is 6.08. The molecule has 5 heteroatoms. The summed E-state index contributed by atoms with van der Waals surface area (Å²) >= 11 is 0. The first-order valence-corrected chi connectivity index (χ1v) is 7.50. The maximum atomic E-state index is 12.5. The molecule has 0 aromatic heterocycles. The number of carbonyl (C=O) groups excluding carboxylic acids is 2. The average Bonchev–Trinajstić information content (AvgIpc) is 2.62. The number of phenolic OH excluding ortho intramolecular Hbond substituents is 2. The Balaban J connectivity index is 1.96. The van der Waals surface area contributed by atoms with Crippen molar-refractivity contribution >= 4 is 11.9 Å². The Morgan fingerprint density at radius 1 is 0.680 bits per heavy atom. The molecule has 0 saturated carbocycles. The Hall–Kier alpha value is -3.60. The molecular weight excluding hydrogens is 320 g/mol.